The Morgan fingerprint density at radius 2 is 2.06 bits per heavy atom. The third kappa shape index (κ3) is 2.60. The maximum Gasteiger partial charge on any atom is 0.0388 e. The van der Waals surface area contributed by atoms with Crippen LogP contribution in [0.25, 0.3) is 0 Å². The van der Waals surface area contributed by atoms with Crippen LogP contribution in [0.1, 0.15) is 42.5 Å². The van der Waals surface area contributed by atoms with E-state index in [1.165, 1.54) is 42.6 Å². The summed E-state index contributed by atoms with van der Waals surface area (Å²) in [6, 6.07) is 7.44. The van der Waals surface area contributed by atoms with Crippen LogP contribution in [0.3, 0.4) is 0 Å². The van der Waals surface area contributed by atoms with Gasteiger partial charge in [0.2, 0.25) is 0 Å². The van der Waals surface area contributed by atoms with E-state index in [9.17, 15) is 0 Å². The van der Waals surface area contributed by atoms with Crippen LogP contribution in [0.2, 0.25) is 0 Å². The van der Waals surface area contributed by atoms with Gasteiger partial charge in [0, 0.05) is 6.04 Å². The van der Waals surface area contributed by atoms with Crippen LogP contribution in [0.4, 0.5) is 0 Å². The Kier molecular flexibility index (Phi) is 4.41. The van der Waals surface area contributed by atoms with Gasteiger partial charge in [-0.2, -0.15) is 0 Å². The van der Waals surface area contributed by atoms with Crippen LogP contribution in [0.5, 0.6) is 0 Å². The first-order valence-corrected chi connectivity index (χ1v) is 7.18. The fourth-order valence-corrected chi connectivity index (χ4v) is 3.14. The van der Waals surface area contributed by atoms with Gasteiger partial charge in [0.25, 0.3) is 0 Å². The first-order valence-electron chi connectivity index (χ1n) is 7.18. The minimum absolute atomic E-state index is 0.536. The van der Waals surface area contributed by atoms with Gasteiger partial charge in [-0.05, 0) is 68.9 Å². The fraction of sp³-hybridized carbons (Fsp3) is 0.625. The predicted molar refractivity (Wildman–Crippen MR) is 77.7 cm³/mol. The molecule has 0 spiro atoms. The molecule has 1 aliphatic heterocycles. The smallest absolute Gasteiger partial charge is 0.0388 e. The van der Waals surface area contributed by atoms with Gasteiger partial charge in [-0.15, -0.1) is 0 Å². The Morgan fingerprint density at radius 3 is 2.67 bits per heavy atom. The number of hydrogen-bond donors (Lipinski definition) is 1. The molecule has 2 rings (SSSR count). The zero-order valence-electron chi connectivity index (χ0n) is 11.9. The lowest BCUT2D eigenvalue weighted by Gasteiger charge is -2.28. The normalized spacial score (nSPS) is 24.7. The highest BCUT2D eigenvalue weighted by molar-refractivity contribution is 5.32. The van der Waals surface area contributed by atoms with E-state index in [1.54, 1.807) is 0 Å². The molecule has 1 aromatic carbocycles. The van der Waals surface area contributed by atoms with Crippen LogP contribution in [-0.2, 0) is 0 Å². The molecule has 2 atom stereocenters. The van der Waals surface area contributed by atoms with E-state index in [1.807, 2.05) is 0 Å². The quantitative estimate of drug-likeness (QED) is 0.885. The van der Waals surface area contributed by atoms with Gasteiger partial charge in [-0.3, -0.25) is 4.90 Å². The molecule has 0 saturated carbocycles. The summed E-state index contributed by atoms with van der Waals surface area (Å²) in [6.07, 6.45) is 2.47. The molecule has 1 fully saturated rings. The van der Waals surface area contributed by atoms with Crippen LogP contribution in [-0.4, -0.2) is 24.5 Å². The fourth-order valence-electron chi connectivity index (χ4n) is 3.14. The van der Waals surface area contributed by atoms with E-state index in [4.69, 9.17) is 5.73 Å². The van der Waals surface area contributed by atoms with Gasteiger partial charge in [0.1, 0.15) is 0 Å². The highest BCUT2D eigenvalue weighted by atomic mass is 15.2. The Hall–Kier alpha value is -0.860. The third-order valence-corrected chi connectivity index (χ3v) is 4.31. The van der Waals surface area contributed by atoms with E-state index >= 15 is 0 Å². The van der Waals surface area contributed by atoms with Gasteiger partial charge >= 0.3 is 0 Å². The second-order valence-electron chi connectivity index (χ2n) is 5.61. The highest BCUT2D eigenvalue weighted by Crippen LogP contribution is 2.37. The molecular formula is C16H26N2. The van der Waals surface area contributed by atoms with Crippen molar-refractivity contribution in [3.05, 3.63) is 34.9 Å². The molecule has 0 radical (unpaired) electrons. The van der Waals surface area contributed by atoms with E-state index < -0.39 is 0 Å². The summed E-state index contributed by atoms with van der Waals surface area (Å²) >= 11 is 0. The molecule has 0 amide bonds. The second-order valence-corrected chi connectivity index (χ2v) is 5.61. The first kappa shape index (κ1) is 13.6. The minimum atomic E-state index is 0.536. The monoisotopic (exact) mass is 246 g/mol. The summed E-state index contributed by atoms with van der Waals surface area (Å²) in [5.74, 6) is 0.624. The van der Waals surface area contributed by atoms with Crippen LogP contribution >= 0.6 is 0 Å². The predicted octanol–water partition coefficient (Wildman–Crippen LogP) is 3.04. The Balaban J connectivity index is 2.28. The van der Waals surface area contributed by atoms with Crippen molar-refractivity contribution in [2.24, 2.45) is 11.7 Å². The SMILES string of the molecule is CCCN1CCC(CN)C1c1ccc(C)c(C)c1. The van der Waals surface area contributed by atoms with Gasteiger partial charge in [-0.25, -0.2) is 0 Å². The summed E-state index contributed by atoms with van der Waals surface area (Å²) in [5.41, 5.74) is 10.2. The molecule has 1 saturated heterocycles. The summed E-state index contributed by atoms with van der Waals surface area (Å²) in [7, 11) is 0. The van der Waals surface area contributed by atoms with Crippen LogP contribution < -0.4 is 5.73 Å². The maximum absolute atomic E-state index is 5.96. The third-order valence-electron chi connectivity index (χ3n) is 4.31. The van der Waals surface area contributed by atoms with Crippen LogP contribution in [0, 0.1) is 19.8 Å². The first-order chi connectivity index (χ1) is 8.67. The van der Waals surface area contributed by atoms with E-state index in [0.717, 1.165) is 6.54 Å². The topological polar surface area (TPSA) is 29.3 Å². The van der Waals surface area contributed by atoms with Crippen molar-refractivity contribution in [3.63, 3.8) is 0 Å². The van der Waals surface area contributed by atoms with E-state index in [2.05, 4.69) is 43.9 Å². The van der Waals surface area contributed by atoms with Crippen molar-refractivity contribution < 1.29 is 0 Å². The molecule has 0 bridgehead atoms. The van der Waals surface area contributed by atoms with Crippen molar-refractivity contribution in [1.29, 1.82) is 0 Å². The average Bonchev–Trinajstić information content (AvgIpc) is 2.76. The lowest BCUT2D eigenvalue weighted by molar-refractivity contribution is 0.230. The van der Waals surface area contributed by atoms with Gasteiger partial charge in [-0.1, -0.05) is 25.1 Å². The maximum atomic E-state index is 5.96. The largest absolute Gasteiger partial charge is 0.330 e. The number of nitrogens with zero attached hydrogens (tertiary/aromatic N) is 1. The Labute approximate surface area is 111 Å². The van der Waals surface area contributed by atoms with E-state index in [0.29, 0.717) is 12.0 Å². The van der Waals surface area contributed by atoms with Crippen molar-refractivity contribution in [2.45, 2.75) is 39.7 Å². The molecule has 2 heteroatoms. The minimum Gasteiger partial charge on any atom is -0.330 e. The number of likely N-dealkylation sites (tertiary alicyclic amines) is 1. The summed E-state index contributed by atoms with van der Waals surface area (Å²) < 4.78 is 0. The van der Waals surface area contributed by atoms with Gasteiger partial charge in [0.15, 0.2) is 0 Å². The number of nitrogens with two attached hydrogens (primary N) is 1. The molecule has 2 unspecified atom stereocenters. The zero-order chi connectivity index (χ0) is 13.1. The molecule has 18 heavy (non-hydrogen) atoms. The average molecular weight is 246 g/mol. The van der Waals surface area contributed by atoms with E-state index in [-0.39, 0.29) is 0 Å². The molecular weight excluding hydrogens is 220 g/mol. The highest BCUT2D eigenvalue weighted by Gasteiger charge is 2.33. The van der Waals surface area contributed by atoms with Crippen molar-refractivity contribution >= 4 is 0 Å². The molecule has 1 aliphatic rings. The number of rotatable bonds is 4. The summed E-state index contributed by atoms with van der Waals surface area (Å²) in [6.45, 7) is 9.83. The summed E-state index contributed by atoms with van der Waals surface area (Å²) in [4.78, 5) is 2.61. The van der Waals surface area contributed by atoms with Crippen molar-refractivity contribution in [3.8, 4) is 0 Å². The zero-order valence-corrected chi connectivity index (χ0v) is 11.9. The lowest BCUT2D eigenvalue weighted by atomic mass is 9.92. The Bertz CT molecular complexity index is 400. The summed E-state index contributed by atoms with van der Waals surface area (Å²) in [5, 5.41) is 0. The molecule has 100 valence electrons. The molecule has 0 aliphatic carbocycles. The standard InChI is InChI=1S/C16H26N2/c1-4-8-18-9-7-15(11-17)16(18)14-6-5-12(2)13(3)10-14/h5-6,10,15-16H,4,7-9,11,17H2,1-3H3. The van der Waals surface area contributed by atoms with Crippen molar-refractivity contribution in [1.82, 2.24) is 4.90 Å². The molecule has 1 aromatic rings. The number of benzene rings is 1. The molecule has 0 aromatic heterocycles. The van der Waals surface area contributed by atoms with Crippen LogP contribution in [0.15, 0.2) is 18.2 Å². The molecule has 2 nitrogen and oxygen atoms in total. The number of aryl methyl sites for hydroxylation is 2. The lowest BCUT2D eigenvalue weighted by Crippen LogP contribution is -2.29. The Morgan fingerprint density at radius 1 is 1.28 bits per heavy atom. The molecule has 2 N–H and O–H groups in total. The van der Waals surface area contributed by atoms with Gasteiger partial charge in [0.05, 0.1) is 0 Å². The second kappa shape index (κ2) is 5.85. The van der Waals surface area contributed by atoms with Gasteiger partial charge < -0.3 is 5.73 Å². The molecule has 1 heterocycles. The van der Waals surface area contributed by atoms with Crippen molar-refractivity contribution in [2.75, 3.05) is 19.6 Å². The number of hydrogen-bond acceptors (Lipinski definition) is 2.